The lowest BCUT2D eigenvalue weighted by molar-refractivity contribution is 0.0206. The first-order chi connectivity index (χ1) is 6.02. The Hall–Kier alpha value is -0.0800. The average Bonchev–Trinajstić information content (AvgIpc) is 2.15. The first kappa shape index (κ1) is 12.9. The van der Waals surface area contributed by atoms with Gasteiger partial charge in [0.05, 0.1) is 0 Å². The summed E-state index contributed by atoms with van der Waals surface area (Å²) in [6, 6.07) is 0. The molecule has 1 fully saturated rings. The molecular formula is C11H26N2. The second-order valence-corrected chi connectivity index (χ2v) is 4.39. The van der Waals surface area contributed by atoms with Crippen molar-refractivity contribution in [1.82, 2.24) is 10.6 Å². The van der Waals surface area contributed by atoms with Gasteiger partial charge >= 0.3 is 0 Å². The normalized spacial score (nSPS) is 30.0. The molecule has 80 valence electrons. The van der Waals surface area contributed by atoms with Crippen LogP contribution >= 0.6 is 0 Å². The van der Waals surface area contributed by atoms with Crippen LogP contribution in [-0.4, -0.2) is 25.7 Å². The summed E-state index contributed by atoms with van der Waals surface area (Å²) in [6.07, 6.45) is 1.27. The molecule has 1 unspecified atom stereocenters. The van der Waals surface area contributed by atoms with E-state index >= 15 is 0 Å². The Bertz CT molecular complexity index is 143. The number of hydrogen-bond acceptors (Lipinski definition) is 2. The summed E-state index contributed by atoms with van der Waals surface area (Å²) in [6.45, 7) is 13.2. The fourth-order valence-corrected chi connectivity index (χ4v) is 1.55. The molecule has 2 heteroatoms. The smallest absolute Gasteiger partial charge is 0.0191 e. The van der Waals surface area contributed by atoms with Crippen molar-refractivity contribution in [2.24, 2.45) is 5.41 Å². The van der Waals surface area contributed by atoms with Crippen molar-refractivity contribution in [2.75, 3.05) is 20.1 Å². The minimum Gasteiger partial charge on any atom is -0.320 e. The van der Waals surface area contributed by atoms with Crippen molar-refractivity contribution >= 4 is 0 Å². The summed E-state index contributed by atoms with van der Waals surface area (Å²) < 4.78 is 0. The predicted octanol–water partition coefficient (Wildman–Crippen LogP) is 2.01. The monoisotopic (exact) mass is 186 g/mol. The molecule has 0 aromatic rings. The highest BCUT2D eigenvalue weighted by Gasteiger charge is 2.48. The summed E-state index contributed by atoms with van der Waals surface area (Å²) in [7, 11) is 2.02. The van der Waals surface area contributed by atoms with Crippen LogP contribution in [-0.2, 0) is 0 Å². The Morgan fingerprint density at radius 1 is 1.23 bits per heavy atom. The van der Waals surface area contributed by atoms with Gasteiger partial charge in [-0.3, -0.25) is 0 Å². The van der Waals surface area contributed by atoms with Crippen LogP contribution < -0.4 is 10.6 Å². The van der Waals surface area contributed by atoms with Gasteiger partial charge in [-0.15, -0.1) is 0 Å². The van der Waals surface area contributed by atoms with Crippen molar-refractivity contribution in [3.05, 3.63) is 0 Å². The first-order valence-corrected chi connectivity index (χ1v) is 5.41. The van der Waals surface area contributed by atoms with Crippen molar-refractivity contribution in [1.29, 1.82) is 0 Å². The molecule has 0 aromatic carbocycles. The van der Waals surface area contributed by atoms with E-state index in [-0.39, 0.29) is 0 Å². The van der Waals surface area contributed by atoms with Gasteiger partial charge in [0, 0.05) is 12.1 Å². The van der Waals surface area contributed by atoms with E-state index in [9.17, 15) is 0 Å². The van der Waals surface area contributed by atoms with Crippen molar-refractivity contribution in [2.45, 2.75) is 46.6 Å². The lowest BCUT2D eigenvalue weighted by Gasteiger charge is -2.55. The Kier molecular flexibility index (Phi) is 4.93. The maximum absolute atomic E-state index is 3.46. The fourth-order valence-electron chi connectivity index (χ4n) is 1.55. The first-order valence-electron chi connectivity index (χ1n) is 5.41. The van der Waals surface area contributed by atoms with Gasteiger partial charge in [0.15, 0.2) is 0 Å². The van der Waals surface area contributed by atoms with Crippen LogP contribution in [0, 0.1) is 5.41 Å². The molecule has 0 radical (unpaired) electrons. The van der Waals surface area contributed by atoms with Crippen LogP contribution in [0.3, 0.4) is 0 Å². The fraction of sp³-hybridized carbons (Fsp3) is 1.00. The summed E-state index contributed by atoms with van der Waals surface area (Å²) >= 11 is 0. The molecule has 1 aliphatic rings. The third kappa shape index (κ3) is 2.68. The highest BCUT2D eigenvalue weighted by molar-refractivity contribution is 5.06. The Morgan fingerprint density at radius 3 is 2.00 bits per heavy atom. The molecule has 0 aromatic heterocycles. The van der Waals surface area contributed by atoms with Gasteiger partial charge in [0.1, 0.15) is 0 Å². The SMILES string of the molecule is CC.CNCCC1(C)CNC1(C)C. The van der Waals surface area contributed by atoms with Crippen LogP contribution in [0.15, 0.2) is 0 Å². The Labute approximate surface area is 83.5 Å². The van der Waals surface area contributed by atoms with E-state index in [4.69, 9.17) is 0 Å². The van der Waals surface area contributed by atoms with E-state index in [1.54, 1.807) is 0 Å². The lowest BCUT2D eigenvalue weighted by Crippen LogP contribution is -2.68. The predicted molar refractivity (Wildman–Crippen MR) is 60.1 cm³/mol. The second kappa shape index (κ2) is 4.97. The Balaban J connectivity index is 0.000000671. The zero-order valence-corrected chi connectivity index (χ0v) is 10.1. The number of hydrogen-bond donors (Lipinski definition) is 2. The van der Waals surface area contributed by atoms with Crippen LogP contribution in [0.5, 0.6) is 0 Å². The van der Waals surface area contributed by atoms with Crippen LogP contribution in [0.1, 0.15) is 41.0 Å². The summed E-state index contributed by atoms with van der Waals surface area (Å²) in [4.78, 5) is 0. The third-order valence-corrected chi connectivity index (χ3v) is 3.36. The largest absolute Gasteiger partial charge is 0.320 e. The summed E-state index contributed by atoms with van der Waals surface area (Å²) in [5.41, 5.74) is 0.833. The highest BCUT2D eigenvalue weighted by atomic mass is 15.1. The molecule has 1 heterocycles. The molecule has 0 amide bonds. The van der Waals surface area contributed by atoms with Crippen molar-refractivity contribution < 1.29 is 0 Å². The molecule has 2 N–H and O–H groups in total. The maximum atomic E-state index is 3.46. The molecule has 1 rings (SSSR count). The highest BCUT2D eigenvalue weighted by Crippen LogP contribution is 2.40. The zero-order valence-electron chi connectivity index (χ0n) is 10.1. The molecule has 1 aliphatic heterocycles. The van der Waals surface area contributed by atoms with Gasteiger partial charge in [0.25, 0.3) is 0 Å². The minimum atomic E-state index is 0.337. The average molecular weight is 186 g/mol. The van der Waals surface area contributed by atoms with Crippen LogP contribution in [0.2, 0.25) is 0 Å². The molecule has 0 bridgehead atoms. The molecule has 13 heavy (non-hydrogen) atoms. The number of rotatable bonds is 3. The molecule has 0 aliphatic carbocycles. The molecule has 2 nitrogen and oxygen atoms in total. The quantitative estimate of drug-likeness (QED) is 0.704. The van der Waals surface area contributed by atoms with Crippen molar-refractivity contribution in [3.8, 4) is 0 Å². The van der Waals surface area contributed by atoms with Gasteiger partial charge in [-0.25, -0.2) is 0 Å². The van der Waals surface area contributed by atoms with Gasteiger partial charge in [-0.05, 0) is 39.3 Å². The van der Waals surface area contributed by atoms with E-state index < -0.39 is 0 Å². The second-order valence-electron chi connectivity index (χ2n) is 4.39. The summed E-state index contributed by atoms with van der Waals surface area (Å²) in [5, 5.41) is 6.66. The van der Waals surface area contributed by atoms with Gasteiger partial charge in [0.2, 0.25) is 0 Å². The molecule has 0 saturated carbocycles. The standard InChI is InChI=1S/C9H20N2.C2H6/c1-8(2)9(3,7-11-8)5-6-10-4;1-2/h10-11H,5-7H2,1-4H3;1-2H3. The minimum absolute atomic E-state index is 0.337. The third-order valence-electron chi connectivity index (χ3n) is 3.36. The van der Waals surface area contributed by atoms with E-state index in [0.29, 0.717) is 11.0 Å². The maximum Gasteiger partial charge on any atom is 0.0191 e. The number of nitrogens with one attached hydrogen (secondary N) is 2. The topological polar surface area (TPSA) is 24.1 Å². The molecule has 1 atom stereocenters. The van der Waals surface area contributed by atoms with Gasteiger partial charge < -0.3 is 10.6 Å². The van der Waals surface area contributed by atoms with E-state index in [2.05, 4.69) is 31.4 Å². The van der Waals surface area contributed by atoms with Gasteiger partial charge in [-0.1, -0.05) is 20.8 Å². The molecule has 1 saturated heterocycles. The Morgan fingerprint density at radius 2 is 1.77 bits per heavy atom. The summed E-state index contributed by atoms with van der Waals surface area (Å²) in [5.74, 6) is 0. The van der Waals surface area contributed by atoms with Crippen molar-refractivity contribution in [3.63, 3.8) is 0 Å². The molecular weight excluding hydrogens is 160 g/mol. The van der Waals surface area contributed by atoms with Crippen LogP contribution in [0.25, 0.3) is 0 Å². The molecule has 0 spiro atoms. The van der Waals surface area contributed by atoms with Gasteiger partial charge in [-0.2, -0.15) is 0 Å². The zero-order chi connectivity index (χ0) is 10.5. The van der Waals surface area contributed by atoms with Crippen LogP contribution in [0.4, 0.5) is 0 Å². The lowest BCUT2D eigenvalue weighted by atomic mass is 9.64. The van der Waals surface area contributed by atoms with E-state index in [0.717, 1.165) is 6.54 Å². The van der Waals surface area contributed by atoms with E-state index in [1.165, 1.54) is 13.0 Å². The van der Waals surface area contributed by atoms with E-state index in [1.807, 2.05) is 20.9 Å².